The zero-order valence-corrected chi connectivity index (χ0v) is 16.6. The Bertz CT molecular complexity index is 1250. The average molecular weight is 411 g/mol. The molecule has 152 valence electrons. The van der Waals surface area contributed by atoms with Crippen LogP contribution in [0, 0.1) is 11.6 Å². The van der Waals surface area contributed by atoms with E-state index in [0.717, 1.165) is 33.5 Å². The summed E-state index contributed by atoms with van der Waals surface area (Å²) in [5.41, 5.74) is 5.60. The summed E-state index contributed by atoms with van der Waals surface area (Å²) in [4.78, 5) is 13.2. The number of halogens is 2. The van der Waals surface area contributed by atoms with Gasteiger partial charge < -0.3 is 5.32 Å². The highest BCUT2D eigenvalue weighted by Gasteiger charge is 2.28. The molecular formula is C27H19F2NO. The average Bonchev–Trinajstić information content (AvgIpc) is 2.80. The lowest BCUT2D eigenvalue weighted by Gasteiger charge is -2.29. The summed E-state index contributed by atoms with van der Waals surface area (Å²) in [5, 5.41) is 3.54. The largest absolute Gasteiger partial charge is 0.377 e. The Kier molecular flexibility index (Phi) is 4.83. The number of carbonyl (C=O) groups excluding carboxylic acids is 1. The standard InChI is InChI=1S/C27H19F2NO/c28-21-10-6-17(7-11-21)20-14-23(18-8-12-22(29)13-9-18)27-24(15-20)26(31)16-25(30-27)19-4-2-1-3-5-19/h1-15,25,30H,16H2. The third-order valence-corrected chi connectivity index (χ3v) is 5.68. The number of Topliss-reactive ketones (excluding diaryl/α,β-unsaturated/α-hetero) is 1. The summed E-state index contributed by atoms with van der Waals surface area (Å²) < 4.78 is 27.0. The van der Waals surface area contributed by atoms with Crippen LogP contribution in [-0.4, -0.2) is 5.78 Å². The smallest absolute Gasteiger partial charge is 0.167 e. The number of nitrogens with one attached hydrogen (secondary N) is 1. The quantitative estimate of drug-likeness (QED) is 0.392. The van der Waals surface area contributed by atoms with Crippen LogP contribution in [0.2, 0.25) is 0 Å². The molecule has 0 amide bonds. The Morgan fingerprint density at radius 2 is 1.26 bits per heavy atom. The van der Waals surface area contributed by atoms with E-state index in [1.807, 2.05) is 42.5 Å². The Morgan fingerprint density at radius 1 is 0.677 bits per heavy atom. The van der Waals surface area contributed by atoms with Crippen molar-refractivity contribution < 1.29 is 13.6 Å². The Labute approximate surface area is 179 Å². The first-order chi connectivity index (χ1) is 15.1. The molecule has 5 rings (SSSR count). The number of fused-ring (bicyclic) bond motifs is 1. The van der Waals surface area contributed by atoms with Gasteiger partial charge in [-0.05, 0) is 58.7 Å². The van der Waals surface area contributed by atoms with Crippen molar-refractivity contribution in [3.63, 3.8) is 0 Å². The molecule has 0 aliphatic carbocycles. The van der Waals surface area contributed by atoms with Crippen LogP contribution in [-0.2, 0) is 0 Å². The molecule has 31 heavy (non-hydrogen) atoms. The minimum Gasteiger partial charge on any atom is -0.377 e. The van der Waals surface area contributed by atoms with E-state index in [9.17, 15) is 13.6 Å². The van der Waals surface area contributed by atoms with Crippen LogP contribution in [0.15, 0.2) is 91.0 Å². The minimum atomic E-state index is -0.321. The molecule has 0 bridgehead atoms. The van der Waals surface area contributed by atoms with Gasteiger partial charge in [0.25, 0.3) is 0 Å². The molecule has 4 heteroatoms. The highest BCUT2D eigenvalue weighted by atomic mass is 19.1. The van der Waals surface area contributed by atoms with Crippen molar-refractivity contribution in [2.45, 2.75) is 12.5 Å². The molecule has 1 N–H and O–H groups in total. The molecule has 4 aromatic carbocycles. The number of ketones is 1. The van der Waals surface area contributed by atoms with Gasteiger partial charge in [0, 0.05) is 17.5 Å². The Hall–Kier alpha value is -3.79. The van der Waals surface area contributed by atoms with Gasteiger partial charge in [0.1, 0.15) is 11.6 Å². The van der Waals surface area contributed by atoms with E-state index in [1.165, 1.54) is 24.3 Å². The second-order valence-electron chi connectivity index (χ2n) is 7.70. The number of hydrogen-bond donors (Lipinski definition) is 1. The van der Waals surface area contributed by atoms with Crippen LogP contribution in [0.1, 0.15) is 28.4 Å². The SMILES string of the molecule is O=C1CC(c2ccccc2)Nc2c1cc(-c1ccc(F)cc1)cc2-c1ccc(F)cc1. The first-order valence-electron chi connectivity index (χ1n) is 10.1. The molecule has 0 aromatic heterocycles. The van der Waals surface area contributed by atoms with Gasteiger partial charge in [0.2, 0.25) is 0 Å². The summed E-state index contributed by atoms with van der Waals surface area (Å²) in [5.74, 6) is -0.600. The van der Waals surface area contributed by atoms with Crippen molar-refractivity contribution in [3.05, 3.63) is 114 Å². The first-order valence-corrected chi connectivity index (χ1v) is 10.1. The third-order valence-electron chi connectivity index (χ3n) is 5.68. The van der Waals surface area contributed by atoms with Crippen molar-refractivity contribution in [1.29, 1.82) is 0 Å². The molecule has 1 aliphatic rings. The lowest BCUT2D eigenvalue weighted by molar-refractivity contribution is 0.0972. The molecule has 0 fully saturated rings. The second-order valence-corrected chi connectivity index (χ2v) is 7.70. The van der Waals surface area contributed by atoms with Gasteiger partial charge >= 0.3 is 0 Å². The maximum absolute atomic E-state index is 13.6. The fraction of sp³-hybridized carbons (Fsp3) is 0.0741. The molecule has 1 heterocycles. The fourth-order valence-corrected chi connectivity index (χ4v) is 4.09. The fourth-order valence-electron chi connectivity index (χ4n) is 4.09. The number of hydrogen-bond acceptors (Lipinski definition) is 2. The molecule has 0 spiro atoms. The number of carbonyl (C=O) groups is 1. The zero-order chi connectivity index (χ0) is 21.4. The summed E-state index contributed by atoms with van der Waals surface area (Å²) >= 11 is 0. The first kappa shape index (κ1) is 19.2. The predicted molar refractivity (Wildman–Crippen MR) is 119 cm³/mol. The van der Waals surface area contributed by atoms with Gasteiger partial charge in [-0.3, -0.25) is 4.79 Å². The topological polar surface area (TPSA) is 29.1 Å². The molecular weight excluding hydrogens is 392 g/mol. The second kappa shape index (κ2) is 7.80. The van der Waals surface area contributed by atoms with E-state index in [-0.39, 0.29) is 23.5 Å². The van der Waals surface area contributed by atoms with E-state index in [0.29, 0.717) is 12.0 Å². The third kappa shape index (κ3) is 3.73. The van der Waals surface area contributed by atoms with E-state index >= 15 is 0 Å². The van der Waals surface area contributed by atoms with Crippen LogP contribution < -0.4 is 5.32 Å². The predicted octanol–water partition coefficient (Wildman–Crippen LogP) is 7.04. The van der Waals surface area contributed by atoms with Crippen molar-refractivity contribution >= 4 is 11.5 Å². The maximum atomic E-state index is 13.6. The van der Waals surface area contributed by atoms with E-state index in [2.05, 4.69) is 5.32 Å². The van der Waals surface area contributed by atoms with Gasteiger partial charge in [-0.25, -0.2) is 8.78 Å². The molecule has 4 aromatic rings. The highest BCUT2D eigenvalue weighted by Crippen LogP contribution is 2.42. The van der Waals surface area contributed by atoms with Crippen molar-refractivity contribution in [3.8, 4) is 22.3 Å². The van der Waals surface area contributed by atoms with Crippen LogP contribution in [0.25, 0.3) is 22.3 Å². The maximum Gasteiger partial charge on any atom is 0.167 e. The lowest BCUT2D eigenvalue weighted by Crippen LogP contribution is -2.23. The monoisotopic (exact) mass is 411 g/mol. The lowest BCUT2D eigenvalue weighted by atomic mass is 9.86. The summed E-state index contributed by atoms with van der Waals surface area (Å²) in [6.07, 6.45) is 0.340. The molecule has 0 saturated heterocycles. The number of rotatable bonds is 3. The minimum absolute atomic E-state index is 0.0370. The molecule has 0 radical (unpaired) electrons. The van der Waals surface area contributed by atoms with Gasteiger partial charge in [-0.2, -0.15) is 0 Å². The van der Waals surface area contributed by atoms with E-state index in [4.69, 9.17) is 0 Å². The molecule has 1 unspecified atom stereocenters. The van der Waals surface area contributed by atoms with Crippen molar-refractivity contribution in [1.82, 2.24) is 0 Å². The summed E-state index contributed by atoms with van der Waals surface area (Å²) in [6, 6.07) is 25.9. The van der Waals surface area contributed by atoms with Crippen LogP contribution in [0.3, 0.4) is 0 Å². The van der Waals surface area contributed by atoms with Crippen molar-refractivity contribution in [2.75, 3.05) is 5.32 Å². The highest BCUT2D eigenvalue weighted by molar-refractivity contribution is 6.08. The van der Waals surface area contributed by atoms with Crippen LogP contribution in [0.4, 0.5) is 14.5 Å². The Morgan fingerprint density at radius 3 is 1.90 bits per heavy atom. The normalized spacial score (nSPS) is 15.3. The zero-order valence-electron chi connectivity index (χ0n) is 16.6. The van der Waals surface area contributed by atoms with E-state index < -0.39 is 0 Å². The van der Waals surface area contributed by atoms with E-state index in [1.54, 1.807) is 24.3 Å². The molecule has 1 aliphatic heterocycles. The van der Waals surface area contributed by atoms with Crippen LogP contribution in [0.5, 0.6) is 0 Å². The summed E-state index contributed by atoms with van der Waals surface area (Å²) in [6.45, 7) is 0. The van der Waals surface area contributed by atoms with Gasteiger partial charge in [-0.1, -0.05) is 54.6 Å². The Balaban J connectivity index is 1.68. The molecule has 1 atom stereocenters. The van der Waals surface area contributed by atoms with Crippen molar-refractivity contribution in [2.24, 2.45) is 0 Å². The van der Waals surface area contributed by atoms with Gasteiger partial charge in [0.15, 0.2) is 5.78 Å². The van der Waals surface area contributed by atoms with Gasteiger partial charge in [0.05, 0.1) is 11.7 Å². The molecule has 0 saturated carbocycles. The van der Waals surface area contributed by atoms with Gasteiger partial charge in [-0.15, -0.1) is 0 Å². The number of benzene rings is 4. The summed E-state index contributed by atoms with van der Waals surface area (Å²) in [7, 11) is 0. The van der Waals surface area contributed by atoms with Crippen LogP contribution >= 0.6 is 0 Å². The number of anilines is 1. The molecule has 2 nitrogen and oxygen atoms in total.